The lowest BCUT2D eigenvalue weighted by molar-refractivity contribution is -0.131. The van der Waals surface area contributed by atoms with Crippen LogP contribution >= 0.6 is 22.7 Å². The topological polar surface area (TPSA) is 43.9 Å². The SMILES string of the molecule is O=C(CN(Cc1cccs1)c1ccc(F)cc1)N1CCN(C(=O)c2cccs2)CC1. The summed E-state index contributed by atoms with van der Waals surface area (Å²) >= 11 is 3.07. The van der Waals surface area contributed by atoms with Crippen molar-refractivity contribution in [3.05, 3.63) is 74.9 Å². The van der Waals surface area contributed by atoms with Gasteiger partial charge in [-0.05, 0) is 47.2 Å². The predicted octanol–water partition coefficient (Wildman–Crippen LogP) is 3.94. The number of anilines is 1. The van der Waals surface area contributed by atoms with Crippen LogP contribution in [0.15, 0.2) is 59.3 Å². The van der Waals surface area contributed by atoms with Crippen LogP contribution in [-0.4, -0.2) is 54.3 Å². The first-order chi connectivity index (χ1) is 14.6. The molecule has 0 aliphatic carbocycles. The number of benzene rings is 1. The lowest BCUT2D eigenvalue weighted by Crippen LogP contribution is -2.52. The number of hydrogen-bond donors (Lipinski definition) is 0. The van der Waals surface area contributed by atoms with Gasteiger partial charge in [-0.3, -0.25) is 9.59 Å². The second-order valence-corrected chi connectivity index (χ2v) is 9.04. The summed E-state index contributed by atoms with van der Waals surface area (Å²) in [6.45, 7) is 2.90. The summed E-state index contributed by atoms with van der Waals surface area (Å²) in [5.41, 5.74) is 0.810. The van der Waals surface area contributed by atoms with E-state index in [0.717, 1.165) is 15.4 Å². The zero-order chi connectivity index (χ0) is 20.9. The van der Waals surface area contributed by atoms with E-state index in [2.05, 4.69) is 0 Å². The maximum atomic E-state index is 13.4. The lowest BCUT2D eigenvalue weighted by atomic mass is 10.2. The number of rotatable bonds is 6. The molecule has 4 rings (SSSR count). The molecule has 0 bridgehead atoms. The van der Waals surface area contributed by atoms with E-state index in [9.17, 15) is 14.0 Å². The van der Waals surface area contributed by atoms with Gasteiger partial charge in [0.1, 0.15) is 5.82 Å². The fourth-order valence-electron chi connectivity index (χ4n) is 3.46. The van der Waals surface area contributed by atoms with E-state index in [1.165, 1.54) is 23.5 Å². The van der Waals surface area contributed by atoms with E-state index in [1.54, 1.807) is 28.4 Å². The summed E-state index contributed by atoms with van der Waals surface area (Å²) < 4.78 is 13.4. The largest absolute Gasteiger partial charge is 0.357 e. The zero-order valence-electron chi connectivity index (χ0n) is 16.4. The first kappa shape index (κ1) is 20.6. The minimum Gasteiger partial charge on any atom is -0.357 e. The number of carbonyl (C=O) groups excluding carboxylic acids is 2. The summed E-state index contributed by atoms with van der Waals surface area (Å²) in [5, 5.41) is 3.90. The summed E-state index contributed by atoms with van der Waals surface area (Å²) in [4.78, 5) is 32.9. The molecule has 0 atom stereocenters. The van der Waals surface area contributed by atoms with Crippen molar-refractivity contribution in [1.82, 2.24) is 9.80 Å². The maximum absolute atomic E-state index is 13.4. The molecule has 0 unspecified atom stereocenters. The van der Waals surface area contributed by atoms with E-state index in [-0.39, 0.29) is 24.2 Å². The minimum atomic E-state index is -0.298. The predicted molar refractivity (Wildman–Crippen MR) is 119 cm³/mol. The number of nitrogens with zero attached hydrogens (tertiary/aromatic N) is 3. The Labute approximate surface area is 183 Å². The van der Waals surface area contributed by atoms with Crippen molar-refractivity contribution < 1.29 is 14.0 Å². The van der Waals surface area contributed by atoms with Gasteiger partial charge in [0.25, 0.3) is 5.91 Å². The van der Waals surface area contributed by atoms with Crippen LogP contribution in [0.5, 0.6) is 0 Å². The lowest BCUT2D eigenvalue weighted by Gasteiger charge is -2.36. The summed E-state index contributed by atoms with van der Waals surface area (Å²) in [6.07, 6.45) is 0. The van der Waals surface area contributed by atoms with Crippen LogP contribution in [0.4, 0.5) is 10.1 Å². The number of carbonyl (C=O) groups is 2. The van der Waals surface area contributed by atoms with Crippen LogP contribution in [0.2, 0.25) is 0 Å². The molecule has 0 saturated carbocycles. The molecule has 1 saturated heterocycles. The normalized spacial score (nSPS) is 14.0. The van der Waals surface area contributed by atoms with Gasteiger partial charge in [0.15, 0.2) is 0 Å². The summed E-state index contributed by atoms with van der Waals surface area (Å²) in [7, 11) is 0. The Morgan fingerprint density at radius 2 is 1.57 bits per heavy atom. The standard InChI is InChI=1S/C22H22FN3O2S2/c23-17-5-7-18(8-6-17)26(15-19-3-1-13-29-19)16-21(27)24-9-11-25(12-10-24)22(28)20-4-2-14-30-20/h1-8,13-14H,9-12,15-16H2. The van der Waals surface area contributed by atoms with Crippen molar-refractivity contribution >= 4 is 40.2 Å². The molecule has 2 aromatic heterocycles. The molecule has 1 aliphatic rings. The molecule has 3 aromatic rings. The Balaban J connectivity index is 1.39. The quantitative estimate of drug-likeness (QED) is 0.580. The number of amides is 2. The van der Waals surface area contributed by atoms with Gasteiger partial charge in [0.2, 0.25) is 5.91 Å². The highest BCUT2D eigenvalue weighted by molar-refractivity contribution is 7.12. The molecule has 1 fully saturated rings. The molecule has 0 radical (unpaired) electrons. The Bertz CT molecular complexity index is 967. The highest BCUT2D eigenvalue weighted by Gasteiger charge is 2.26. The first-order valence-corrected chi connectivity index (χ1v) is 11.5. The molecule has 156 valence electrons. The van der Waals surface area contributed by atoms with Crippen LogP contribution in [0.25, 0.3) is 0 Å². The van der Waals surface area contributed by atoms with Crippen LogP contribution in [0, 0.1) is 5.82 Å². The van der Waals surface area contributed by atoms with E-state index in [4.69, 9.17) is 0 Å². The van der Waals surface area contributed by atoms with E-state index >= 15 is 0 Å². The second-order valence-electron chi connectivity index (χ2n) is 7.06. The van der Waals surface area contributed by atoms with Crippen molar-refractivity contribution in [1.29, 1.82) is 0 Å². The fraction of sp³-hybridized carbons (Fsp3) is 0.273. The summed E-state index contributed by atoms with van der Waals surface area (Å²) in [5.74, 6) is -0.255. The average molecular weight is 444 g/mol. The zero-order valence-corrected chi connectivity index (χ0v) is 18.0. The number of hydrogen-bond acceptors (Lipinski definition) is 5. The van der Waals surface area contributed by atoms with Gasteiger partial charge in [-0.2, -0.15) is 0 Å². The van der Waals surface area contributed by atoms with E-state index < -0.39 is 0 Å². The Morgan fingerprint density at radius 3 is 2.20 bits per heavy atom. The minimum absolute atomic E-state index is 0.0131. The van der Waals surface area contributed by atoms with E-state index in [0.29, 0.717) is 32.7 Å². The van der Waals surface area contributed by atoms with Gasteiger partial charge in [-0.15, -0.1) is 22.7 Å². The van der Waals surface area contributed by atoms with Crippen molar-refractivity contribution in [3.8, 4) is 0 Å². The number of piperazine rings is 1. The van der Waals surface area contributed by atoms with Crippen LogP contribution in [0.3, 0.4) is 0 Å². The third-order valence-corrected chi connectivity index (χ3v) is 6.82. The van der Waals surface area contributed by atoms with Crippen molar-refractivity contribution in [2.75, 3.05) is 37.6 Å². The Morgan fingerprint density at radius 1 is 0.900 bits per heavy atom. The molecular weight excluding hydrogens is 421 g/mol. The van der Waals surface area contributed by atoms with Gasteiger partial charge in [-0.25, -0.2) is 4.39 Å². The van der Waals surface area contributed by atoms with Gasteiger partial charge >= 0.3 is 0 Å². The molecule has 3 heterocycles. The molecule has 1 aliphatic heterocycles. The van der Waals surface area contributed by atoms with Gasteiger partial charge in [0, 0.05) is 36.7 Å². The molecule has 1 aromatic carbocycles. The second kappa shape index (κ2) is 9.40. The molecule has 30 heavy (non-hydrogen) atoms. The highest BCUT2D eigenvalue weighted by atomic mass is 32.1. The third-order valence-electron chi connectivity index (χ3n) is 5.10. The number of thiophene rings is 2. The van der Waals surface area contributed by atoms with Gasteiger partial charge in [-0.1, -0.05) is 12.1 Å². The van der Waals surface area contributed by atoms with Crippen LogP contribution < -0.4 is 4.90 Å². The smallest absolute Gasteiger partial charge is 0.264 e. The molecule has 8 heteroatoms. The number of halogens is 1. The highest BCUT2D eigenvalue weighted by Crippen LogP contribution is 2.21. The van der Waals surface area contributed by atoms with Gasteiger partial charge in [0.05, 0.1) is 18.0 Å². The summed E-state index contributed by atoms with van der Waals surface area (Å²) in [6, 6.07) is 13.9. The van der Waals surface area contributed by atoms with Crippen molar-refractivity contribution in [3.63, 3.8) is 0 Å². The van der Waals surface area contributed by atoms with Gasteiger partial charge < -0.3 is 14.7 Å². The van der Waals surface area contributed by atoms with Crippen LogP contribution in [0.1, 0.15) is 14.5 Å². The average Bonchev–Trinajstić information content (AvgIpc) is 3.48. The molecule has 5 nitrogen and oxygen atoms in total. The Hall–Kier alpha value is -2.71. The van der Waals surface area contributed by atoms with E-state index in [1.807, 2.05) is 44.8 Å². The molecular formula is C22H22FN3O2S2. The Kier molecular flexibility index (Phi) is 6.44. The maximum Gasteiger partial charge on any atom is 0.264 e. The van der Waals surface area contributed by atoms with Crippen molar-refractivity contribution in [2.45, 2.75) is 6.54 Å². The van der Waals surface area contributed by atoms with Crippen LogP contribution in [-0.2, 0) is 11.3 Å². The third kappa shape index (κ3) is 4.88. The monoisotopic (exact) mass is 443 g/mol. The molecule has 2 amide bonds. The van der Waals surface area contributed by atoms with Crippen molar-refractivity contribution in [2.24, 2.45) is 0 Å². The molecule has 0 N–H and O–H groups in total. The first-order valence-electron chi connectivity index (χ1n) is 9.73. The fourth-order valence-corrected chi connectivity index (χ4v) is 4.87. The molecule has 0 spiro atoms.